The Bertz CT molecular complexity index is 466. The summed E-state index contributed by atoms with van der Waals surface area (Å²) in [6.07, 6.45) is 2.08. The second-order valence-electron chi connectivity index (χ2n) is 5.69. The number of halogens is 1. The van der Waals surface area contributed by atoms with E-state index in [-0.39, 0.29) is 18.0 Å². The molecule has 0 radical (unpaired) electrons. The number of ether oxygens (including phenoxy) is 1. The van der Waals surface area contributed by atoms with Gasteiger partial charge in [0.15, 0.2) is 0 Å². The molecule has 3 nitrogen and oxygen atoms in total. The molecule has 2 atom stereocenters. The van der Waals surface area contributed by atoms with Crippen molar-refractivity contribution in [3.8, 4) is 0 Å². The molecule has 1 aliphatic heterocycles. The van der Waals surface area contributed by atoms with Crippen LogP contribution in [-0.2, 0) is 11.2 Å². The Labute approximate surface area is 120 Å². The van der Waals surface area contributed by atoms with E-state index in [1.54, 1.807) is 6.07 Å². The van der Waals surface area contributed by atoms with Crippen LogP contribution in [0.3, 0.4) is 0 Å². The molecule has 0 spiro atoms. The zero-order valence-corrected chi connectivity index (χ0v) is 12.1. The van der Waals surface area contributed by atoms with E-state index in [4.69, 9.17) is 4.74 Å². The molecule has 110 valence electrons. The number of hydrogen-bond acceptors (Lipinski definition) is 3. The minimum Gasteiger partial charge on any atom is -0.374 e. The van der Waals surface area contributed by atoms with Crippen LogP contribution in [0.1, 0.15) is 30.5 Å². The van der Waals surface area contributed by atoms with Crippen molar-refractivity contribution >= 4 is 0 Å². The summed E-state index contributed by atoms with van der Waals surface area (Å²) in [6.45, 7) is 6.95. The van der Waals surface area contributed by atoms with Crippen molar-refractivity contribution in [3.05, 3.63) is 35.1 Å². The van der Waals surface area contributed by atoms with Crippen LogP contribution in [-0.4, -0.2) is 43.8 Å². The van der Waals surface area contributed by atoms with Crippen LogP contribution in [0.4, 0.5) is 4.39 Å². The topological polar surface area (TPSA) is 24.5 Å². The molecule has 1 aromatic rings. The van der Waals surface area contributed by atoms with Gasteiger partial charge in [-0.3, -0.25) is 4.90 Å². The smallest absolute Gasteiger partial charge is 0.126 e. The molecule has 1 saturated heterocycles. The zero-order chi connectivity index (χ0) is 13.9. The van der Waals surface area contributed by atoms with Gasteiger partial charge in [0.2, 0.25) is 0 Å². The molecule has 1 N–H and O–H groups in total. The molecule has 0 aromatic heterocycles. The summed E-state index contributed by atoms with van der Waals surface area (Å²) in [6, 6.07) is 5.69. The van der Waals surface area contributed by atoms with E-state index >= 15 is 0 Å². The summed E-state index contributed by atoms with van der Waals surface area (Å²) in [5.74, 6) is -0.0575. The lowest BCUT2D eigenvalue weighted by Crippen LogP contribution is -2.46. The Morgan fingerprint density at radius 3 is 3.20 bits per heavy atom. The molecule has 2 unspecified atom stereocenters. The third kappa shape index (κ3) is 2.87. The minimum atomic E-state index is -0.0575. The predicted octanol–water partition coefficient (Wildman–Crippen LogP) is 2.12. The van der Waals surface area contributed by atoms with Crippen LogP contribution in [0.25, 0.3) is 0 Å². The normalized spacial score (nSPS) is 26.7. The highest BCUT2D eigenvalue weighted by Crippen LogP contribution is 2.32. The van der Waals surface area contributed by atoms with Gasteiger partial charge in [0.05, 0.1) is 12.7 Å². The first-order chi connectivity index (χ1) is 9.78. The first-order valence-electron chi connectivity index (χ1n) is 7.62. The summed E-state index contributed by atoms with van der Waals surface area (Å²) in [5, 5.41) is 3.56. The molecule has 0 amide bonds. The fourth-order valence-corrected chi connectivity index (χ4v) is 3.29. The Morgan fingerprint density at radius 2 is 2.35 bits per heavy atom. The van der Waals surface area contributed by atoms with Gasteiger partial charge in [0, 0.05) is 25.7 Å². The van der Waals surface area contributed by atoms with E-state index in [1.807, 2.05) is 12.1 Å². The summed E-state index contributed by atoms with van der Waals surface area (Å²) in [7, 11) is 0. The average Bonchev–Trinajstić information content (AvgIpc) is 2.90. The van der Waals surface area contributed by atoms with Gasteiger partial charge in [-0.2, -0.15) is 0 Å². The van der Waals surface area contributed by atoms with Crippen LogP contribution in [0.15, 0.2) is 18.2 Å². The molecular formula is C16H23FN2O. The number of rotatable bonds is 4. The highest BCUT2D eigenvalue weighted by atomic mass is 19.1. The summed E-state index contributed by atoms with van der Waals surface area (Å²) in [4.78, 5) is 2.41. The molecule has 3 rings (SSSR count). The number of morpholine rings is 1. The largest absolute Gasteiger partial charge is 0.374 e. The zero-order valence-electron chi connectivity index (χ0n) is 12.1. The molecule has 1 fully saturated rings. The Hall–Kier alpha value is -0.970. The fourth-order valence-electron chi connectivity index (χ4n) is 3.29. The summed E-state index contributed by atoms with van der Waals surface area (Å²) in [5.41, 5.74) is 2.03. The van der Waals surface area contributed by atoms with Gasteiger partial charge in [-0.15, -0.1) is 0 Å². The molecule has 4 heteroatoms. The number of benzene rings is 1. The molecule has 0 bridgehead atoms. The first-order valence-corrected chi connectivity index (χ1v) is 7.62. The van der Waals surface area contributed by atoms with E-state index in [0.29, 0.717) is 0 Å². The quantitative estimate of drug-likeness (QED) is 0.913. The maximum absolute atomic E-state index is 13.7. The second kappa shape index (κ2) is 6.20. The van der Waals surface area contributed by atoms with Gasteiger partial charge in [-0.05, 0) is 36.6 Å². The van der Waals surface area contributed by atoms with Crippen molar-refractivity contribution in [2.75, 3.05) is 32.8 Å². The van der Waals surface area contributed by atoms with Crippen LogP contribution in [0, 0.1) is 5.82 Å². The Morgan fingerprint density at radius 1 is 1.45 bits per heavy atom. The highest BCUT2D eigenvalue weighted by Gasteiger charge is 2.26. The van der Waals surface area contributed by atoms with Gasteiger partial charge in [-0.1, -0.05) is 19.1 Å². The van der Waals surface area contributed by atoms with Gasteiger partial charge in [-0.25, -0.2) is 4.39 Å². The standard InChI is InChI=1S/C16H23FN2O/c1-2-19-8-9-20-12(11-19)10-18-16-7-6-13-14(16)4-3-5-15(13)17/h3-5,12,16,18H,2,6-11H2,1H3. The maximum atomic E-state index is 13.7. The lowest BCUT2D eigenvalue weighted by Gasteiger charge is -2.32. The van der Waals surface area contributed by atoms with Crippen LogP contribution in [0.2, 0.25) is 0 Å². The minimum absolute atomic E-state index is 0.0575. The van der Waals surface area contributed by atoms with Crippen molar-refractivity contribution in [2.45, 2.75) is 31.9 Å². The van der Waals surface area contributed by atoms with Gasteiger partial charge in [0.25, 0.3) is 0 Å². The Balaban J connectivity index is 1.57. The second-order valence-corrected chi connectivity index (χ2v) is 5.69. The van der Waals surface area contributed by atoms with Gasteiger partial charge >= 0.3 is 0 Å². The number of likely N-dealkylation sites (N-methyl/N-ethyl adjacent to an activating group) is 1. The van der Waals surface area contributed by atoms with Gasteiger partial charge < -0.3 is 10.1 Å². The van der Waals surface area contributed by atoms with Crippen LogP contribution in [0.5, 0.6) is 0 Å². The van der Waals surface area contributed by atoms with Crippen molar-refractivity contribution in [1.29, 1.82) is 0 Å². The van der Waals surface area contributed by atoms with Gasteiger partial charge in [0.1, 0.15) is 5.82 Å². The number of nitrogens with one attached hydrogen (secondary N) is 1. The molecule has 2 aliphatic rings. The van der Waals surface area contributed by atoms with Crippen molar-refractivity contribution in [2.24, 2.45) is 0 Å². The van der Waals surface area contributed by atoms with E-state index < -0.39 is 0 Å². The third-order valence-corrected chi connectivity index (χ3v) is 4.48. The van der Waals surface area contributed by atoms with Crippen LogP contribution < -0.4 is 5.32 Å². The predicted molar refractivity (Wildman–Crippen MR) is 77.3 cm³/mol. The van der Waals surface area contributed by atoms with Crippen molar-refractivity contribution < 1.29 is 9.13 Å². The highest BCUT2D eigenvalue weighted by molar-refractivity contribution is 5.35. The lowest BCUT2D eigenvalue weighted by molar-refractivity contribution is -0.0263. The number of hydrogen-bond donors (Lipinski definition) is 1. The SMILES string of the molecule is CCN1CCOC(CNC2CCc3c(F)cccc32)C1. The fraction of sp³-hybridized carbons (Fsp3) is 0.625. The van der Waals surface area contributed by atoms with Crippen LogP contribution >= 0.6 is 0 Å². The van der Waals surface area contributed by atoms with Crippen molar-refractivity contribution in [3.63, 3.8) is 0 Å². The molecule has 0 saturated carbocycles. The third-order valence-electron chi connectivity index (χ3n) is 4.48. The van der Waals surface area contributed by atoms with E-state index in [9.17, 15) is 4.39 Å². The maximum Gasteiger partial charge on any atom is 0.126 e. The number of nitrogens with zero attached hydrogens (tertiary/aromatic N) is 1. The monoisotopic (exact) mass is 278 g/mol. The average molecular weight is 278 g/mol. The molecule has 20 heavy (non-hydrogen) atoms. The first kappa shape index (κ1) is 14.0. The summed E-state index contributed by atoms with van der Waals surface area (Å²) < 4.78 is 19.5. The van der Waals surface area contributed by atoms with Crippen molar-refractivity contribution in [1.82, 2.24) is 10.2 Å². The van der Waals surface area contributed by atoms with E-state index in [1.165, 1.54) is 0 Å². The number of fused-ring (bicyclic) bond motifs is 1. The molecule has 1 aromatic carbocycles. The molecular weight excluding hydrogens is 255 g/mol. The van der Waals surface area contributed by atoms with E-state index in [0.717, 1.165) is 56.8 Å². The molecule has 1 aliphatic carbocycles. The Kier molecular flexibility index (Phi) is 4.34. The lowest BCUT2D eigenvalue weighted by atomic mass is 10.1. The molecule has 1 heterocycles. The van der Waals surface area contributed by atoms with E-state index in [2.05, 4.69) is 17.1 Å². The summed E-state index contributed by atoms with van der Waals surface area (Å²) >= 11 is 0.